The van der Waals surface area contributed by atoms with Gasteiger partial charge in [-0.2, -0.15) is 0 Å². The molecule has 0 spiro atoms. The van der Waals surface area contributed by atoms with Gasteiger partial charge in [0.15, 0.2) is 28.4 Å². The highest BCUT2D eigenvalue weighted by Gasteiger charge is 2.23. The predicted octanol–water partition coefficient (Wildman–Crippen LogP) is 5.37. The molecule has 0 bridgehead atoms. The zero-order valence-corrected chi connectivity index (χ0v) is 18.7. The van der Waals surface area contributed by atoms with Crippen LogP contribution >= 0.6 is 11.8 Å². The van der Waals surface area contributed by atoms with E-state index in [1.54, 1.807) is 25.4 Å². The van der Waals surface area contributed by atoms with Crippen molar-refractivity contribution in [2.75, 3.05) is 6.61 Å². The normalized spacial score (nSPS) is 11.9. The summed E-state index contributed by atoms with van der Waals surface area (Å²) in [5.74, 6) is -1.11. The summed E-state index contributed by atoms with van der Waals surface area (Å²) in [7, 11) is 0. The minimum absolute atomic E-state index is 0.0912. The van der Waals surface area contributed by atoms with Gasteiger partial charge < -0.3 is 4.74 Å². The van der Waals surface area contributed by atoms with Crippen LogP contribution in [0.2, 0.25) is 0 Å². The van der Waals surface area contributed by atoms with E-state index in [1.165, 1.54) is 17.8 Å². The molecule has 0 saturated carbocycles. The molecule has 2 aromatic carbocycles. The molecule has 0 N–H and O–H groups in total. The molecule has 2 aromatic heterocycles. The minimum atomic E-state index is -1.06. The van der Waals surface area contributed by atoms with Gasteiger partial charge in [-0.3, -0.25) is 14.3 Å². The summed E-state index contributed by atoms with van der Waals surface area (Å²) >= 11 is 1.18. The standard InChI is InChI=1S/C24H20F2N4O2S/c1-3-32-19-9-7-18(8-10-19)30-23(17-5-4-12-27-14-17)28-29-24(30)33-15(2)22(31)16-6-11-20(25)21(26)13-16/h4-15H,3H2,1-2H3. The monoisotopic (exact) mass is 466 g/mol. The quantitative estimate of drug-likeness (QED) is 0.257. The number of hydrogen-bond donors (Lipinski definition) is 0. The number of ether oxygens (including phenoxy) is 1. The Hall–Kier alpha value is -3.59. The summed E-state index contributed by atoms with van der Waals surface area (Å²) in [6.45, 7) is 4.15. The molecule has 33 heavy (non-hydrogen) atoms. The number of rotatable bonds is 8. The first-order valence-corrected chi connectivity index (χ1v) is 11.1. The molecule has 1 atom stereocenters. The van der Waals surface area contributed by atoms with Gasteiger partial charge in [0.2, 0.25) is 0 Å². The lowest BCUT2D eigenvalue weighted by atomic mass is 10.1. The first kappa shape index (κ1) is 22.6. The molecule has 0 amide bonds. The maximum Gasteiger partial charge on any atom is 0.196 e. The molecule has 9 heteroatoms. The number of Topliss-reactive ketones (excluding diaryl/α,β-unsaturated/α-hetero) is 1. The Morgan fingerprint density at radius 3 is 2.55 bits per heavy atom. The molecule has 0 aliphatic rings. The molecule has 0 radical (unpaired) electrons. The Kier molecular flexibility index (Phi) is 6.79. The third-order valence-electron chi connectivity index (χ3n) is 4.81. The van der Waals surface area contributed by atoms with Crippen molar-refractivity contribution in [3.8, 4) is 22.8 Å². The van der Waals surface area contributed by atoms with Gasteiger partial charge in [-0.25, -0.2) is 8.78 Å². The zero-order chi connectivity index (χ0) is 23.4. The smallest absolute Gasteiger partial charge is 0.196 e. The third kappa shape index (κ3) is 4.93. The lowest BCUT2D eigenvalue weighted by molar-refractivity contribution is 0.0993. The maximum atomic E-state index is 13.6. The molecular weight excluding hydrogens is 446 g/mol. The fraction of sp³-hybridized carbons (Fsp3) is 0.167. The molecular formula is C24H20F2N4O2S. The van der Waals surface area contributed by atoms with Crippen LogP contribution in [-0.4, -0.2) is 37.4 Å². The van der Waals surface area contributed by atoms with Crippen LogP contribution in [0.4, 0.5) is 8.78 Å². The molecule has 4 aromatic rings. The molecule has 1 unspecified atom stereocenters. The summed E-state index contributed by atoms with van der Waals surface area (Å²) in [4.78, 5) is 17.0. The van der Waals surface area contributed by atoms with Crippen LogP contribution in [0.3, 0.4) is 0 Å². The molecule has 2 heterocycles. The summed E-state index contributed by atoms with van der Waals surface area (Å²) in [6, 6.07) is 14.2. The summed E-state index contributed by atoms with van der Waals surface area (Å²) < 4.78 is 34.2. The Morgan fingerprint density at radius 1 is 1.09 bits per heavy atom. The van der Waals surface area contributed by atoms with Crippen LogP contribution in [0.25, 0.3) is 17.1 Å². The Bertz CT molecular complexity index is 1260. The van der Waals surface area contributed by atoms with E-state index < -0.39 is 16.9 Å². The molecule has 168 valence electrons. The number of aromatic nitrogens is 4. The third-order valence-corrected chi connectivity index (χ3v) is 5.86. The Labute approximate surface area is 193 Å². The molecule has 0 aliphatic carbocycles. The second kappa shape index (κ2) is 9.91. The fourth-order valence-corrected chi connectivity index (χ4v) is 4.16. The van der Waals surface area contributed by atoms with E-state index >= 15 is 0 Å². The van der Waals surface area contributed by atoms with E-state index in [-0.39, 0.29) is 11.3 Å². The van der Waals surface area contributed by atoms with E-state index in [4.69, 9.17) is 4.74 Å². The minimum Gasteiger partial charge on any atom is -0.494 e. The van der Waals surface area contributed by atoms with E-state index in [0.29, 0.717) is 17.6 Å². The fourth-order valence-electron chi connectivity index (χ4n) is 3.21. The van der Waals surface area contributed by atoms with E-state index in [9.17, 15) is 13.6 Å². The lowest BCUT2D eigenvalue weighted by Gasteiger charge is -2.14. The van der Waals surface area contributed by atoms with Crippen molar-refractivity contribution >= 4 is 17.5 Å². The molecule has 0 aliphatic heterocycles. The second-order valence-electron chi connectivity index (χ2n) is 7.06. The first-order valence-electron chi connectivity index (χ1n) is 10.2. The van der Waals surface area contributed by atoms with E-state index in [0.717, 1.165) is 29.1 Å². The number of benzene rings is 2. The number of carbonyl (C=O) groups excluding carboxylic acids is 1. The Morgan fingerprint density at radius 2 is 1.88 bits per heavy atom. The van der Waals surface area contributed by atoms with Gasteiger partial charge >= 0.3 is 0 Å². The molecule has 6 nitrogen and oxygen atoms in total. The second-order valence-corrected chi connectivity index (χ2v) is 8.37. The van der Waals surface area contributed by atoms with Crippen molar-refractivity contribution in [3.05, 3.63) is 84.2 Å². The van der Waals surface area contributed by atoms with Crippen LogP contribution in [0.1, 0.15) is 24.2 Å². The van der Waals surface area contributed by atoms with Gasteiger partial charge in [0.05, 0.1) is 11.9 Å². The van der Waals surface area contributed by atoms with Gasteiger partial charge in [0, 0.05) is 29.2 Å². The van der Waals surface area contributed by atoms with Crippen molar-refractivity contribution in [1.82, 2.24) is 19.7 Å². The van der Waals surface area contributed by atoms with E-state index in [2.05, 4.69) is 15.2 Å². The van der Waals surface area contributed by atoms with Crippen LogP contribution in [0, 0.1) is 11.6 Å². The number of ketones is 1. The SMILES string of the molecule is CCOc1ccc(-n2c(SC(C)C(=O)c3ccc(F)c(F)c3)nnc2-c2cccnc2)cc1. The van der Waals surface area contributed by atoms with Crippen molar-refractivity contribution in [2.24, 2.45) is 0 Å². The number of carbonyl (C=O) groups is 1. The number of thioether (sulfide) groups is 1. The van der Waals surface area contributed by atoms with Crippen molar-refractivity contribution < 1.29 is 18.3 Å². The molecule has 0 saturated heterocycles. The highest BCUT2D eigenvalue weighted by Crippen LogP contribution is 2.31. The lowest BCUT2D eigenvalue weighted by Crippen LogP contribution is -2.15. The van der Waals surface area contributed by atoms with Gasteiger partial charge in [-0.15, -0.1) is 10.2 Å². The number of nitrogens with zero attached hydrogens (tertiary/aromatic N) is 4. The highest BCUT2D eigenvalue weighted by molar-refractivity contribution is 8.00. The first-order chi connectivity index (χ1) is 16.0. The predicted molar refractivity (Wildman–Crippen MR) is 122 cm³/mol. The molecule has 0 fully saturated rings. The topological polar surface area (TPSA) is 69.9 Å². The molecule has 4 rings (SSSR count). The highest BCUT2D eigenvalue weighted by atomic mass is 32.2. The van der Waals surface area contributed by atoms with Crippen LogP contribution in [0.15, 0.2) is 72.1 Å². The van der Waals surface area contributed by atoms with Gasteiger partial charge in [-0.1, -0.05) is 11.8 Å². The Balaban J connectivity index is 1.69. The number of halogens is 2. The number of pyridine rings is 1. The van der Waals surface area contributed by atoms with E-state index in [1.807, 2.05) is 41.8 Å². The van der Waals surface area contributed by atoms with Crippen molar-refractivity contribution in [3.63, 3.8) is 0 Å². The largest absolute Gasteiger partial charge is 0.494 e. The van der Waals surface area contributed by atoms with Crippen molar-refractivity contribution in [1.29, 1.82) is 0 Å². The number of hydrogen-bond acceptors (Lipinski definition) is 6. The average Bonchev–Trinajstić information content (AvgIpc) is 3.25. The van der Waals surface area contributed by atoms with Gasteiger partial charge in [-0.05, 0) is 68.4 Å². The summed E-state index contributed by atoms with van der Waals surface area (Å²) in [5, 5.41) is 8.49. The average molecular weight is 467 g/mol. The van der Waals surface area contributed by atoms with Crippen LogP contribution < -0.4 is 4.74 Å². The van der Waals surface area contributed by atoms with Gasteiger partial charge in [0.1, 0.15) is 5.75 Å². The summed E-state index contributed by atoms with van der Waals surface area (Å²) in [5.41, 5.74) is 1.62. The van der Waals surface area contributed by atoms with Gasteiger partial charge in [0.25, 0.3) is 0 Å². The zero-order valence-electron chi connectivity index (χ0n) is 17.9. The maximum absolute atomic E-state index is 13.6. The van der Waals surface area contributed by atoms with Crippen LogP contribution in [0.5, 0.6) is 5.75 Å². The van der Waals surface area contributed by atoms with Crippen LogP contribution in [-0.2, 0) is 0 Å². The summed E-state index contributed by atoms with van der Waals surface area (Å²) in [6.07, 6.45) is 3.35. The van der Waals surface area contributed by atoms with Crippen molar-refractivity contribution in [2.45, 2.75) is 24.3 Å².